The number of rotatable bonds is 19. The highest BCUT2D eigenvalue weighted by Gasteiger charge is 2.48. The van der Waals surface area contributed by atoms with Gasteiger partial charge in [0.05, 0.1) is 12.3 Å². The van der Waals surface area contributed by atoms with E-state index in [4.69, 9.17) is 14.2 Å². The zero-order chi connectivity index (χ0) is 39.3. The molecule has 1 aliphatic heterocycles. The predicted octanol–water partition coefficient (Wildman–Crippen LogP) is 6.62. The smallest absolute Gasteiger partial charge is 0.332 e. The van der Waals surface area contributed by atoms with Crippen molar-refractivity contribution >= 4 is 47.4 Å². The van der Waals surface area contributed by atoms with Crippen molar-refractivity contribution in [3.8, 4) is 0 Å². The summed E-state index contributed by atoms with van der Waals surface area (Å²) in [5.41, 5.74) is -1.48. The molecule has 3 atom stereocenters. The molecule has 17 nitrogen and oxygen atoms in total. The van der Waals surface area contributed by atoms with E-state index in [0.717, 1.165) is 0 Å². The molecule has 362 valence electrons. The second-order valence-corrected chi connectivity index (χ2v) is 15.0. The number of piperidine rings is 1. The molecule has 1 saturated heterocycles. The van der Waals surface area contributed by atoms with Gasteiger partial charge in [0, 0.05) is 17.6 Å². The fourth-order valence-electron chi connectivity index (χ4n) is 5.85. The van der Waals surface area contributed by atoms with Gasteiger partial charge >= 0.3 is 23.9 Å². The minimum Gasteiger partial charge on any atom is -0.426 e. The lowest BCUT2D eigenvalue weighted by molar-refractivity contribution is -0.251. The van der Waals surface area contributed by atoms with Crippen LogP contribution in [0.3, 0.4) is 0 Å². The van der Waals surface area contributed by atoms with Crippen LogP contribution in [0.5, 0.6) is 0 Å². The Morgan fingerprint density at radius 1 is 0.633 bits per heavy atom. The lowest BCUT2D eigenvalue weighted by Crippen LogP contribution is -2.60. The summed E-state index contributed by atoms with van der Waals surface area (Å²) in [6.45, 7) is 14.4. The fraction of sp³-hybridized carbons (Fsp3) is 0.814. The maximum Gasteiger partial charge on any atom is 0.332 e. The minimum atomic E-state index is -1.19. The van der Waals surface area contributed by atoms with Gasteiger partial charge in [-0.05, 0) is 79.2 Å². The molecule has 3 amide bonds. The van der Waals surface area contributed by atoms with Crippen LogP contribution in [0.4, 0.5) is 0 Å². The maximum absolute atomic E-state index is 12.9. The number of ether oxygens (including phenoxy) is 3. The van der Waals surface area contributed by atoms with Crippen LogP contribution in [0.2, 0.25) is 0 Å². The number of carbonyl (C=O) groups is 8. The van der Waals surface area contributed by atoms with E-state index in [2.05, 4.69) is 21.3 Å². The minimum absolute atomic E-state index is 0. The van der Waals surface area contributed by atoms with Gasteiger partial charge in [0.2, 0.25) is 24.5 Å². The number of nitrogens with zero attached hydrogens (tertiary/aromatic N) is 1. The molecule has 0 aromatic heterocycles. The first kappa shape index (κ1) is 76.7. The lowest BCUT2D eigenvalue weighted by atomic mass is 9.75. The standard InChI is InChI=1S/C34H57N5O12.9CH4/c1-19(2)11-23(37-27(42)13-21(5)40)30(45)49-18-50-31(46)24(12-20(3)4)38-28(43)14-26(41)36-17-25(35-10)32(47)51-29(44)22-15-33(6,7)39(48)34(8,9)16-22;;;;;;;;;/h19-20,22-25,35,48H,11-18H2,1-10H3,(H,36,41)(H,37,42)(H,38,43);9*1H4. The summed E-state index contributed by atoms with van der Waals surface area (Å²) >= 11 is 0. The van der Waals surface area contributed by atoms with Crippen LogP contribution >= 0.6 is 0 Å². The van der Waals surface area contributed by atoms with Gasteiger partial charge in [-0.2, -0.15) is 5.06 Å². The van der Waals surface area contributed by atoms with Gasteiger partial charge in [0.1, 0.15) is 30.3 Å². The SMILES string of the molecule is C.C.C.C.C.C.C.C.C.CNC(CNC(=O)CC(=O)NC(CC(C)C)C(=O)OCOC(=O)C(CC(C)C)NC(=O)CC(C)=O)C(=O)OC(=O)C1CC(C)(C)N(O)C(C)(C)C1. The highest BCUT2D eigenvalue weighted by molar-refractivity contribution is 5.99. The summed E-state index contributed by atoms with van der Waals surface area (Å²) in [5.74, 6) is -6.86. The van der Waals surface area contributed by atoms with Gasteiger partial charge in [-0.3, -0.25) is 24.0 Å². The van der Waals surface area contributed by atoms with Crippen molar-refractivity contribution in [1.82, 2.24) is 26.3 Å². The van der Waals surface area contributed by atoms with Crippen molar-refractivity contribution in [1.29, 1.82) is 0 Å². The fourth-order valence-corrected chi connectivity index (χ4v) is 5.85. The number of hydrogen-bond acceptors (Lipinski definition) is 14. The van der Waals surface area contributed by atoms with E-state index in [1.165, 1.54) is 19.0 Å². The number of hydroxylamine groups is 2. The first-order valence-electron chi connectivity index (χ1n) is 17.1. The Bertz CT molecular complexity index is 1270. The average Bonchev–Trinajstić information content (AvgIpc) is 2.98. The first-order chi connectivity index (χ1) is 23.5. The zero-order valence-electron chi connectivity index (χ0n) is 31.5. The first-order valence-corrected chi connectivity index (χ1v) is 17.1. The Balaban J connectivity index is -0.000000413. The van der Waals surface area contributed by atoms with Crippen LogP contribution in [-0.4, -0.2) is 107 Å². The number of amides is 3. The van der Waals surface area contributed by atoms with Crippen molar-refractivity contribution in [2.24, 2.45) is 17.8 Å². The number of esters is 4. The molecule has 0 bridgehead atoms. The van der Waals surface area contributed by atoms with Gasteiger partial charge in [-0.25, -0.2) is 14.4 Å². The summed E-state index contributed by atoms with van der Waals surface area (Å²) in [6, 6.07) is -3.38. The van der Waals surface area contributed by atoms with E-state index in [9.17, 15) is 43.6 Å². The number of nitrogens with one attached hydrogen (secondary N) is 4. The van der Waals surface area contributed by atoms with Crippen LogP contribution in [0.25, 0.3) is 0 Å². The molecular weight excluding hydrogens is 778 g/mol. The summed E-state index contributed by atoms with van der Waals surface area (Å²) in [5, 5.41) is 21.7. The summed E-state index contributed by atoms with van der Waals surface area (Å²) in [4.78, 5) is 99.6. The van der Waals surface area contributed by atoms with Crippen molar-refractivity contribution in [3.05, 3.63) is 0 Å². The van der Waals surface area contributed by atoms with Gasteiger partial charge in [0.25, 0.3) is 0 Å². The largest absolute Gasteiger partial charge is 0.426 e. The lowest BCUT2D eigenvalue weighted by Gasteiger charge is -2.50. The Morgan fingerprint density at radius 2 is 1.02 bits per heavy atom. The second-order valence-electron chi connectivity index (χ2n) is 15.0. The Labute approximate surface area is 365 Å². The van der Waals surface area contributed by atoms with Gasteiger partial charge in [-0.15, -0.1) is 0 Å². The van der Waals surface area contributed by atoms with E-state index >= 15 is 0 Å². The Hall–Kier alpha value is -3.96. The molecule has 0 aliphatic carbocycles. The molecule has 0 aromatic rings. The molecule has 0 radical (unpaired) electrons. The third kappa shape index (κ3) is 27.0. The maximum atomic E-state index is 12.9. The van der Waals surface area contributed by atoms with Crippen molar-refractivity contribution in [2.45, 2.75) is 197 Å². The van der Waals surface area contributed by atoms with Crippen LogP contribution in [0, 0.1) is 17.8 Å². The molecule has 1 fully saturated rings. The van der Waals surface area contributed by atoms with Crippen molar-refractivity contribution < 1.29 is 57.8 Å². The molecule has 0 spiro atoms. The third-order valence-electron chi connectivity index (χ3n) is 8.10. The molecule has 1 aliphatic rings. The molecule has 5 N–H and O–H groups in total. The molecule has 0 saturated carbocycles. The van der Waals surface area contributed by atoms with Crippen LogP contribution in [0.1, 0.15) is 168 Å². The molecule has 1 rings (SSSR count). The van der Waals surface area contributed by atoms with Crippen LogP contribution in [0.15, 0.2) is 0 Å². The Kier molecular flexibility index (Phi) is 44.4. The predicted molar refractivity (Wildman–Crippen MR) is 242 cm³/mol. The monoisotopic (exact) mass is 872 g/mol. The summed E-state index contributed by atoms with van der Waals surface area (Å²) in [6.07, 6.45) is -0.257. The number of likely N-dealkylation sites (N-methyl/N-ethyl adjacent to an activating group) is 1. The van der Waals surface area contributed by atoms with Gasteiger partial charge in [-0.1, -0.05) is 94.5 Å². The highest BCUT2D eigenvalue weighted by Crippen LogP contribution is 2.40. The van der Waals surface area contributed by atoms with Gasteiger partial charge in [0.15, 0.2) is 0 Å². The molecule has 1 heterocycles. The van der Waals surface area contributed by atoms with Crippen LogP contribution in [-0.2, 0) is 52.6 Å². The van der Waals surface area contributed by atoms with Crippen molar-refractivity contribution in [2.75, 3.05) is 20.4 Å². The molecule has 17 heteroatoms. The Morgan fingerprint density at radius 3 is 1.37 bits per heavy atom. The molecule has 3 unspecified atom stereocenters. The summed E-state index contributed by atoms with van der Waals surface area (Å²) < 4.78 is 15.2. The van der Waals surface area contributed by atoms with Crippen molar-refractivity contribution in [3.63, 3.8) is 0 Å². The number of carbonyl (C=O) groups excluding carboxylic acids is 8. The molecular formula is C43H93N5O12. The topological polar surface area (TPSA) is 236 Å². The second kappa shape index (κ2) is 34.7. The third-order valence-corrected chi connectivity index (χ3v) is 8.10. The number of hydrogen-bond donors (Lipinski definition) is 5. The van der Waals surface area contributed by atoms with E-state index in [-0.39, 0.29) is 117 Å². The van der Waals surface area contributed by atoms with Gasteiger partial charge < -0.3 is 40.7 Å². The number of ketones is 1. The summed E-state index contributed by atoms with van der Waals surface area (Å²) in [7, 11) is 1.43. The molecule has 60 heavy (non-hydrogen) atoms. The average molecular weight is 872 g/mol. The van der Waals surface area contributed by atoms with E-state index < -0.39 is 96.4 Å². The highest BCUT2D eigenvalue weighted by atomic mass is 16.7. The van der Waals surface area contributed by atoms with Crippen LogP contribution < -0.4 is 21.3 Å². The van der Waals surface area contributed by atoms with E-state index in [0.29, 0.717) is 0 Å². The molecule has 0 aromatic carbocycles. The quantitative estimate of drug-likeness (QED) is 0.0522. The number of Topliss-reactive ketones (excluding diaryl/α,β-unsaturated/α-hetero) is 1. The van der Waals surface area contributed by atoms with E-state index in [1.807, 2.05) is 13.8 Å². The van der Waals surface area contributed by atoms with E-state index in [1.54, 1.807) is 41.5 Å². The zero-order valence-corrected chi connectivity index (χ0v) is 31.5. The normalized spacial score (nSPS) is 14.8.